The molecule has 2 atom stereocenters. The Morgan fingerprint density at radius 1 is 1.32 bits per heavy atom. The number of ether oxygens (including phenoxy) is 1. The molecule has 0 spiro atoms. The molecule has 0 aliphatic carbocycles. The normalized spacial score (nSPS) is 13.4. The summed E-state index contributed by atoms with van der Waals surface area (Å²) in [5, 5.41) is 20.7. The van der Waals surface area contributed by atoms with Gasteiger partial charge in [-0.15, -0.1) is 0 Å². The van der Waals surface area contributed by atoms with Crippen molar-refractivity contribution in [2.75, 3.05) is 7.11 Å². The number of halogens is 3. The fourth-order valence-electron chi connectivity index (χ4n) is 2.03. The molecule has 0 aliphatic heterocycles. The SMILES string of the molecule is COC(=O)[C@@H](CCCC#N)NC(=O)[C@H](O)c1ccc(C(F)(F)F)cc1. The molecule has 2 N–H and O–H groups in total. The van der Waals surface area contributed by atoms with Gasteiger partial charge >= 0.3 is 12.1 Å². The number of esters is 1. The first kappa shape index (κ1) is 20.4. The third-order valence-electron chi connectivity index (χ3n) is 3.39. The molecule has 0 aliphatic rings. The van der Waals surface area contributed by atoms with Gasteiger partial charge in [0.1, 0.15) is 6.04 Å². The maximum Gasteiger partial charge on any atom is 0.416 e. The summed E-state index contributed by atoms with van der Waals surface area (Å²) in [5.41, 5.74) is -0.959. The summed E-state index contributed by atoms with van der Waals surface area (Å²) in [6.07, 6.45) is -5.64. The van der Waals surface area contributed by atoms with Crippen LogP contribution in [-0.2, 0) is 20.5 Å². The van der Waals surface area contributed by atoms with E-state index >= 15 is 0 Å². The molecule has 0 bridgehead atoms. The molecule has 1 rings (SSSR count). The van der Waals surface area contributed by atoms with E-state index in [0.29, 0.717) is 6.42 Å². The van der Waals surface area contributed by atoms with Crippen LogP contribution in [-0.4, -0.2) is 30.1 Å². The Bertz CT molecular complexity index is 638. The van der Waals surface area contributed by atoms with E-state index in [4.69, 9.17) is 5.26 Å². The molecule has 0 unspecified atom stereocenters. The first-order valence-electron chi connectivity index (χ1n) is 7.31. The number of benzene rings is 1. The number of amides is 1. The second-order valence-corrected chi connectivity index (χ2v) is 5.16. The Morgan fingerprint density at radius 3 is 2.40 bits per heavy atom. The number of carbonyl (C=O) groups excluding carboxylic acids is 2. The van der Waals surface area contributed by atoms with Crippen molar-refractivity contribution in [1.29, 1.82) is 5.26 Å². The molecule has 0 radical (unpaired) electrons. The summed E-state index contributed by atoms with van der Waals surface area (Å²) < 4.78 is 42.1. The second kappa shape index (κ2) is 9.03. The molecule has 0 aromatic heterocycles. The average molecular weight is 358 g/mol. The van der Waals surface area contributed by atoms with Crippen LogP contribution in [0.15, 0.2) is 24.3 Å². The van der Waals surface area contributed by atoms with Crippen LogP contribution in [0, 0.1) is 11.3 Å². The molecule has 136 valence electrons. The smallest absolute Gasteiger partial charge is 0.416 e. The minimum Gasteiger partial charge on any atom is -0.467 e. The van der Waals surface area contributed by atoms with Crippen LogP contribution in [0.5, 0.6) is 0 Å². The number of carbonyl (C=O) groups is 2. The summed E-state index contributed by atoms with van der Waals surface area (Å²) in [5.74, 6) is -1.70. The van der Waals surface area contributed by atoms with Gasteiger partial charge in [-0.3, -0.25) is 4.79 Å². The zero-order chi connectivity index (χ0) is 19.0. The van der Waals surface area contributed by atoms with E-state index < -0.39 is 35.8 Å². The highest BCUT2D eigenvalue weighted by molar-refractivity contribution is 5.87. The van der Waals surface area contributed by atoms with Gasteiger partial charge in [0.15, 0.2) is 6.10 Å². The van der Waals surface area contributed by atoms with E-state index in [2.05, 4.69) is 10.1 Å². The van der Waals surface area contributed by atoms with Crippen LogP contribution in [0.1, 0.15) is 36.5 Å². The zero-order valence-corrected chi connectivity index (χ0v) is 13.3. The lowest BCUT2D eigenvalue weighted by molar-refractivity contribution is -0.146. The van der Waals surface area contributed by atoms with Crippen LogP contribution in [0.2, 0.25) is 0 Å². The highest BCUT2D eigenvalue weighted by Gasteiger charge is 2.31. The van der Waals surface area contributed by atoms with Crippen LogP contribution >= 0.6 is 0 Å². The topological polar surface area (TPSA) is 99.4 Å². The van der Waals surface area contributed by atoms with Gasteiger partial charge in [0.25, 0.3) is 5.91 Å². The molecule has 1 amide bonds. The number of hydrogen-bond acceptors (Lipinski definition) is 5. The minimum absolute atomic E-state index is 0.0499. The van der Waals surface area contributed by atoms with Crippen LogP contribution < -0.4 is 5.32 Å². The van der Waals surface area contributed by atoms with Crippen molar-refractivity contribution >= 4 is 11.9 Å². The monoisotopic (exact) mass is 358 g/mol. The average Bonchev–Trinajstić information content (AvgIpc) is 2.58. The fourth-order valence-corrected chi connectivity index (χ4v) is 2.03. The Morgan fingerprint density at radius 2 is 1.92 bits per heavy atom. The number of hydrogen-bond donors (Lipinski definition) is 2. The number of nitrogens with one attached hydrogen (secondary N) is 1. The number of aliphatic hydroxyl groups is 1. The van der Waals surface area contributed by atoms with Gasteiger partial charge in [0.05, 0.1) is 18.7 Å². The largest absolute Gasteiger partial charge is 0.467 e. The minimum atomic E-state index is -4.53. The first-order valence-corrected chi connectivity index (χ1v) is 7.31. The summed E-state index contributed by atoms with van der Waals surface area (Å²) in [6, 6.07) is 4.29. The fraction of sp³-hybridized carbons (Fsp3) is 0.438. The Kier molecular flexibility index (Phi) is 7.39. The Hall–Kier alpha value is -2.60. The molecular weight excluding hydrogens is 341 g/mol. The summed E-state index contributed by atoms with van der Waals surface area (Å²) >= 11 is 0. The number of unbranched alkanes of at least 4 members (excludes halogenated alkanes) is 1. The predicted molar refractivity (Wildman–Crippen MR) is 79.8 cm³/mol. The molecule has 9 heteroatoms. The molecule has 6 nitrogen and oxygen atoms in total. The first-order chi connectivity index (χ1) is 11.7. The Labute approximate surface area is 142 Å². The number of aliphatic hydroxyl groups excluding tert-OH is 1. The molecule has 1 aromatic carbocycles. The van der Waals surface area contributed by atoms with Crippen molar-refractivity contribution in [3.05, 3.63) is 35.4 Å². The standard InChI is InChI=1S/C16H17F3N2O4/c1-25-15(24)12(4-2-3-9-20)21-14(23)13(22)10-5-7-11(8-6-10)16(17,18)19/h5-8,12-13,22H,2-4H2,1H3,(H,21,23)/t12-,13-/m1/s1. The van der Waals surface area contributed by atoms with Crippen molar-refractivity contribution in [2.45, 2.75) is 37.6 Å². The van der Waals surface area contributed by atoms with Crippen molar-refractivity contribution in [3.8, 4) is 6.07 Å². The van der Waals surface area contributed by atoms with E-state index in [1.807, 2.05) is 6.07 Å². The van der Waals surface area contributed by atoms with Crippen molar-refractivity contribution in [2.24, 2.45) is 0 Å². The van der Waals surface area contributed by atoms with Crippen molar-refractivity contribution in [1.82, 2.24) is 5.32 Å². The molecule has 25 heavy (non-hydrogen) atoms. The maximum absolute atomic E-state index is 12.5. The van der Waals surface area contributed by atoms with Gasteiger partial charge in [-0.2, -0.15) is 18.4 Å². The molecule has 0 saturated carbocycles. The van der Waals surface area contributed by atoms with Gasteiger partial charge in [0.2, 0.25) is 0 Å². The number of alkyl halides is 3. The van der Waals surface area contributed by atoms with Gasteiger partial charge < -0.3 is 15.2 Å². The van der Waals surface area contributed by atoms with E-state index in [1.54, 1.807) is 0 Å². The quantitative estimate of drug-likeness (QED) is 0.574. The van der Waals surface area contributed by atoms with Crippen molar-refractivity contribution in [3.63, 3.8) is 0 Å². The highest BCUT2D eigenvalue weighted by Crippen LogP contribution is 2.30. The summed E-state index contributed by atoms with van der Waals surface area (Å²) in [6.45, 7) is 0. The molecule has 0 fully saturated rings. The van der Waals surface area contributed by atoms with E-state index in [-0.39, 0.29) is 18.4 Å². The number of rotatable bonds is 7. The second-order valence-electron chi connectivity index (χ2n) is 5.16. The number of nitrogens with zero attached hydrogens (tertiary/aromatic N) is 1. The third kappa shape index (κ3) is 6.08. The highest BCUT2D eigenvalue weighted by atomic mass is 19.4. The number of nitriles is 1. The summed E-state index contributed by atoms with van der Waals surface area (Å²) in [7, 11) is 1.12. The van der Waals surface area contributed by atoms with E-state index in [0.717, 1.165) is 31.4 Å². The van der Waals surface area contributed by atoms with Gasteiger partial charge in [0, 0.05) is 6.42 Å². The lowest BCUT2D eigenvalue weighted by atomic mass is 10.0. The predicted octanol–water partition coefficient (Wildman–Crippen LogP) is 2.09. The molecule has 0 heterocycles. The zero-order valence-electron chi connectivity index (χ0n) is 13.3. The molecular formula is C16H17F3N2O4. The number of methoxy groups -OCH3 is 1. The lowest BCUT2D eigenvalue weighted by Crippen LogP contribution is -2.43. The molecule has 0 saturated heterocycles. The summed E-state index contributed by atoms with van der Waals surface area (Å²) in [4.78, 5) is 23.7. The van der Waals surface area contributed by atoms with E-state index in [1.165, 1.54) is 0 Å². The third-order valence-corrected chi connectivity index (χ3v) is 3.39. The van der Waals surface area contributed by atoms with Gasteiger partial charge in [-0.1, -0.05) is 12.1 Å². The van der Waals surface area contributed by atoms with Gasteiger partial charge in [-0.25, -0.2) is 4.79 Å². The van der Waals surface area contributed by atoms with Crippen LogP contribution in [0.4, 0.5) is 13.2 Å². The maximum atomic E-state index is 12.5. The van der Waals surface area contributed by atoms with E-state index in [9.17, 15) is 27.9 Å². The Balaban J connectivity index is 2.79. The van der Waals surface area contributed by atoms with Crippen LogP contribution in [0.3, 0.4) is 0 Å². The lowest BCUT2D eigenvalue weighted by Gasteiger charge is -2.19. The van der Waals surface area contributed by atoms with Crippen LogP contribution in [0.25, 0.3) is 0 Å². The van der Waals surface area contributed by atoms with Crippen molar-refractivity contribution < 1.29 is 32.6 Å². The van der Waals surface area contributed by atoms with Gasteiger partial charge in [-0.05, 0) is 30.5 Å². The molecule has 1 aromatic rings.